The van der Waals surface area contributed by atoms with Gasteiger partial charge in [-0.05, 0) is 26.0 Å². The van der Waals surface area contributed by atoms with Crippen LogP contribution in [-0.2, 0) is 4.74 Å². The van der Waals surface area contributed by atoms with Crippen LogP contribution in [-0.4, -0.2) is 22.0 Å². The van der Waals surface area contributed by atoms with Gasteiger partial charge in [0, 0.05) is 5.56 Å². The molecule has 2 heterocycles. The first kappa shape index (κ1) is 14.1. The van der Waals surface area contributed by atoms with E-state index in [0.29, 0.717) is 11.6 Å². The SMILES string of the molecule is CC(C)OC(=O)c1coc(-c2coc(-c3ccccc3)n2)n1. The van der Waals surface area contributed by atoms with E-state index in [1.54, 1.807) is 13.8 Å². The van der Waals surface area contributed by atoms with Gasteiger partial charge in [-0.15, -0.1) is 0 Å². The summed E-state index contributed by atoms with van der Waals surface area (Å²) in [5.74, 6) is 0.138. The third-order valence-corrected chi connectivity index (χ3v) is 2.80. The number of hydrogen-bond donors (Lipinski definition) is 0. The molecule has 0 N–H and O–H groups in total. The van der Waals surface area contributed by atoms with Crippen molar-refractivity contribution in [1.29, 1.82) is 0 Å². The van der Waals surface area contributed by atoms with Gasteiger partial charge in [-0.1, -0.05) is 18.2 Å². The van der Waals surface area contributed by atoms with E-state index >= 15 is 0 Å². The molecule has 0 radical (unpaired) electrons. The van der Waals surface area contributed by atoms with Crippen molar-refractivity contribution in [2.24, 2.45) is 0 Å². The minimum atomic E-state index is -0.531. The number of oxazole rings is 2. The summed E-state index contributed by atoms with van der Waals surface area (Å²) in [6, 6.07) is 9.47. The zero-order valence-electron chi connectivity index (χ0n) is 12.1. The summed E-state index contributed by atoms with van der Waals surface area (Å²) in [6.07, 6.45) is 2.47. The fraction of sp³-hybridized carbons (Fsp3) is 0.188. The number of ether oxygens (including phenoxy) is 1. The summed E-state index contributed by atoms with van der Waals surface area (Å²) < 4.78 is 15.7. The summed E-state index contributed by atoms with van der Waals surface area (Å²) in [4.78, 5) is 20.1. The lowest BCUT2D eigenvalue weighted by molar-refractivity contribution is 0.0371. The molecule has 6 nitrogen and oxygen atoms in total. The Morgan fingerprint density at radius 2 is 1.77 bits per heavy atom. The van der Waals surface area contributed by atoms with Gasteiger partial charge < -0.3 is 13.6 Å². The van der Waals surface area contributed by atoms with Crippen molar-refractivity contribution >= 4 is 5.97 Å². The number of rotatable bonds is 4. The van der Waals surface area contributed by atoms with Gasteiger partial charge in [-0.25, -0.2) is 14.8 Å². The molecule has 1 aromatic carbocycles. The molecule has 3 aromatic rings. The molecule has 3 rings (SSSR count). The van der Waals surface area contributed by atoms with Crippen LogP contribution in [0.1, 0.15) is 24.3 Å². The first-order valence-electron chi connectivity index (χ1n) is 6.81. The summed E-state index contributed by atoms with van der Waals surface area (Å²) in [6.45, 7) is 3.53. The van der Waals surface area contributed by atoms with Crippen LogP contribution in [0.3, 0.4) is 0 Å². The number of nitrogens with zero attached hydrogens (tertiary/aromatic N) is 2. The number of esters is 1. The molecule has 0 saturated heterocycles. The highest BCUT2D eigenvalue weighted by Gasteiger charge is 2.18. The molecule has 6 heteroatoms. The second-order valence-electron chi connectivity index (χ2n) is 4.90. The highest BCUT2D eigenvalue weighted by atomic mass is 16.5. The summed E-state index contributed by atoms with van der Waals surface area (Å²) in [5.41, 5.74) is 1.37. The fourth-order valence-corrected chi connectivity index (χ4v) is 1.84. The van der Waals surface area contributed by atoms with Crippen LogP contribution in [0.5, 0.6) is 0 Å². The lowest BCUT2D eigenvalue weighted by Crippen LogP contribution is -2.11. The summed E-state index contributed by atoms with van der Waals surface area (Å²) >= 11 is 0. The molecule has 0 amide bonds. The molecule has 0 unspecified atom stereocenters. The second kappa shape index (κ2) is 5.85. The lowest BCUT2D eigenvalue weighted by atomic mass is 10.2. The van der Waals surface area contributed by atoms with Crippen LogP contribution in [0.25, 0.3) is 23.0 Å². The zero-order chi connectivity index (χ0) is 15.5. The molecule has 0 bridgehead atoms. The predicted molar refractivity (Wildman–Crippen MR) is 78.0 cm³/mol. The fourth-order valence-electron chi connectivity index (χ4n) is 1.84. The van der Waals surface area contributed by atoms with Gasteiger partial charge in [0.25, 0.3) is 0 Å². The molecule has 0 aliphatic carbocycles. The Morgan fingerprint density at radius 1 is 1.05 bits per heavy atom. The molecule has 0 fully saturated rings. The Kier molecular flexibility index (Phi) is 3.74. The normalized spacial score (nSPS) is 10.9. The Bertz CT molecular complexity index is 774. The number of benzene rings is 1. The zero-order valence-corrected chi connectivity index (χ0v) is 12.1. The molecule has 22 heavy (non-hydrogen) atoms. The molecule has 0 aliphatic heterocycles. The minimum Gasteiger partial charge on any atom is -0.458 e. The maximum atomic E-state index is 11.7. The topological polar surface area (TPSA) is 78.4 Å². The minimum absolute atomic E-state index is 0.105. The third-order valence-electron chi connectivity index (χ3n) is 2.80. The van der Waals surface area contributed by atoms with E-state index in [9.17, 15) is 4.79 Å². The molecule has 112 valence electrons. The molecule has 0 saturated carbocycles. The van der Waals surface area contributed by atoms with Crippen LogP contribution in [0.15, 0.2) is 51.7 Å². The first-order valence-corrected chi connectivity index (χ1v) is 6.81. The Balaban J connectivity index is 1.83. The monoisotopic (exact) mass is 298 g/mol. The average molecular weight is 298 g/mol. The van der Waals surface area contributed by atoms with Crippen molar-refractivity contribution in [2.75, 3.05) is 0 Å². The Labute approximate surface area is 126 Å². The quantitative estimate of drug-likeness (QED) is 0.685. The summed E-state index contributed by atoms with van der Waals surface area (Å²) in [7, 11) is 0. The molecule has 0 atom stereocenters. The predicted octanol–water partition coefficient (Wildman–Crippen LogP) is 3.56. The number of hydrogen-bond acceptors (Lipinski definition) is 6. The van der Waals surface area contributed by atoms with E-state index in [-0.39, 0.29) is 17.7 Å². The maximum absolute atomic E-state index is 11.7. The number of carbonyl (C=O) groups is 1. The Hall–Kier alpha value is -2.89. The second-order valence-corrected chi connectivity index (χ2v) is 4.90. The smallest absolute Gasteiger partial charge is 0.360 e. The van der Waals surface area contributed by atoms with E-state index in [2.05, 4.69) is 9.97 Å². The highest BCUT2D eigenvalue weighted by molar-refractivity contribution is 5.87. The van der Waals surface area contributed by atoms with Crippen molar-refractivity contribution in [3.05, 3.63) is 48.6 Å². The van der Waals surface area contributed by atoms with E-state index in [1.807, 2.05) is 30.3 Å². The third kappa shape index (κ3) is 2.90. The van der Waals surface area contributed by atoms with Crippen molar-refractivity contribution in [3.8, 4) is 23.0 Å². The first-order chi connectivity index (χ1) is 10.6. The van der Waals surface area contributed by atoms with Crippen LogP contribution in [0, 0.1) is 0 Å². The van der Waals surface area contributed by atoms with Crippen LogP contribution >= 0.6 is 0 Å². The van der Waals surface area contributed by atoms with E-state index in [1.165, 1.54) is 12.5 Å². The van der Waals surface area contributed by atoms with E-state index in [0.717, 1.165) is 5.56 Å². The van der Waals surface area contributed by atoms with E-state index in [4.69, 9.17) is 13.6 Å². The average Bonchev–Trinajstić information content (AvgIpc) is 3.17. The van der Waals surface area contributed by atoms with Gasteiger partial charge in [0.2, 0.25) is 11.8 Å². The lowest BCUT2D eigenvalue weighted by Gasteiger charge is -2.04. The van der Waals surface area contributed by atoms with Gasteiger partial charge in [-0.3, -0.25) is 0 Å². The highest BCUT2D eigenvalue weighted by Crippen LogP contribution is 2.24. The van der Waals surface area contributed by atoms with Gasteiger partial charge >= 0.3 is 5.97 Å². The molecule has 0 aliphatic rings. The number of aromatic nitrogens is 2. The van der Waals surface area contributed by atoms with Gasteiger partial charge in [0.05, 0.1) is 6.10 Å². The summed E-state index contributed by atoms with van der Waals surface area (Å²) in [5, 5.41) is 0. The molecular formula is C16H14N2O4. The number of carbonyl (C=O) groups excluding carboxylic acids is 1. The standard InChI is InChI=1S/C16H14N2O4/c1-10(2)22-16(19)13-9-21-15(18-13)12-8-20-14(17-12)11-6-4-3-5-7-11/h3-10H,1-2H3. The Morgan fingerprint density at radius 3 is 2.50 bits per heavy atom. The van der Waals surface area contributed by atoms with Crippen molar-refractivity contribution in [1.82, 2.24) is 9.97 Å². The van der Waals surface area contributed by atoms with Crippen molar-refractivity contribution in [2.45, 2.75) is 20.0 Å². The van der Waals surface area contributed by atoms with E-state index < -0.39 is 5.97 Å². The van der Waals surface area contributed by atoms with Crippen LogP contribution < -0.4 is 0 Å². The largest absolute Gasteiger partial charge is 0.458 e. The molecule has 2 aromatic heterocycles. The van der Waals surface area contributed by atoms with Crippen LogP contribution in [0.2, 0.25) is 0 Å². The van der Waals surface area contributed by atoms with Gasteiger partial charge in [0.15, 0.2) is 11.4 Å². The van der Waals surface area contributed by atoms with Crippen molar-refractivity contribution < 1.29 is 18.4 Å². The van der Waals surface area contributed by atoms with Gasteiger partial charge in [-0.2, -0.15) is 0 Å². The molecular weight excluding hydrogens is 284 g/mol. The maximum Gasteiger partial charge on any atom is 0.360 e. The van der Waals surface area contributed by atoms with Gasteiger partial charge in [0.1, 0.15) is 12.5 Å². The molecule has 0 spiro atoms. The van der Waals surface area contributed by atoms with Crippen molar-refractivity contribution in [3.63, 3.8) is 0 Å². The van der Waals surface area contributed by atoms with Crippen LogP contribution in [0.4, 0.5) is 0 Å².